The number of rotatable bonds is 7. The van der Waals surface area contributed by atoms with E-state index < -0.39 is 5.97 Å². The normalized spacial score (nSPS) is 15.3. The van der Waals surface area contributed by atoms with E-state index in [9.17, 15) is 9.59 Å². The standard InChI is InChI=1S/C16H21NO4/c1-11(9-12-3-7-14(21-2)8-4-12)16(20)17(10-15(18)19)13-5-6-13/h3-4,7-8,11,13H,5-6,9-10H2,1-2H3,(H,18,19). The molecule has 1 atom stereocenters. The Labute approximate surface area is 124 Å². The first-order valence-corrected chi connectivity index (χ1v) is 7.16. The molecule has 2 rings (SSSR count). The van der Waals surface area contributed by atoms with Crippen molar-refractivity contribution in [3.05, 3.63) is 29.8 Å². The van der Waals surface area contributed by atoms with Gasteiger partial charge in [-0.05, 0) is 37.0 Å². The fraction of sp³-hybridized carbons (Fsp3) is 0.500. The fourth-order valence-corrected chi connectivity index (χ4v) is 2.40. The van der Waals surface area contributed by atoms with Crippen molar-refractivity contribution in [2.24, 2.45) is 5.92 Å². The molecule has 5 nitrogen and oxygen atoms in total. The maximum Gasteiger partial charge on any atom is 0.323 e. The molecule has 1 aliphatic carbocycles. The summed E-state index contributed by atoms with van der Waals surface area (Å²) in [6.45, 7) is 1.65. The summed E-state index contributed by atoms with van der Waals surface area (Å²) in [5.74, 6) is -0.468. The van der Waals surface area contributed by atoms with Gasteiger partial charge in [-0.25, -0.2) is 0 Å². The van der Waals surface area contributed by atoms with Crippen LogP contribution < -0.4 is 4.74 Å². The number of ether oxygens (including phenoxy) is 1. The van der Waals surface area contributed by atoms with Crippen molar-refractivity contribution in [2.75, 3.05) is 13.7 Å². The lowest BCUT2D eigenvalue weighted by molar-refractivity contribution is -0.146. The quantitative estimate of drug-likeness (QED) is 0.834. The molecule has 0 aliphatic heterocycles. The summed E-state index contributed by atoms with van der Waals surface area (Å²) >= 11 is 0. The van der Waals surface area contributed by atoms with Gasteiger partial charge in [0.15, 0.2) is 0 Å². The molecule has 1 fully saturated rings. The molecule has 1 unspecified atom stereocenters. The number of nitrogens with zero attached hydrogens (tertiary/aromatic N) is 1. The number of carboxylic acid groups (broad SMARTS) is 1. The summed E-state index contributed by atoms with van der Waals surface area (Å²) in [4.78, 5) is 24.8. The van der Waals surface area contributed by atoms with Gasteiger partial charge in [0.1, 0.15) is 12.3 Å². The monoisotopic (exact) mass is 291 g/mol. The SMILES string of the molecule is COc1ccc(CC(C)C(=O)N(CC(=O)O)C2CC2)cc1. The number of amides is 1. The molecule has 1 aromatic carbocycles. The molecule has 1 N–H and O–H groups in total. The first-order chi connectivity index (χ1) is 10.0. The second-order valence-corrected chi connectivity index (χ2v) is 5.54. The molecule has 1 saturated carbocycles. The van der Waals surface area contributed by atoms with Crippen molar-refractivity contribution < 1.29 is 19.4 Å². The smallest absolute Gasteiger partial charge is 0.323 e. The predicted octanol–water partition coefficient (Wildman–Crippen LogP) is 1.95. The highest BCUT2D eigenvalue weighted by Gasteiger charge is 2.35. The molecule has 0 spiro atoms. The molecule has 1 aliphatic rings. The number of aliphatic carboxylic acids is 1. The number of methoxy groups -OCH3 is 1. The highest BCUT2D eigenvalue weighted by molar-refractivity contribution is 5.83. The van der Waals surface area contributed by atoms with Crippen LogP contribution in [0, 0.1) is 5.92 Å². The van der Waals surface area contributed by atoms with Gasteiger partial charge in [-0.3, -0.25) is 9.59 Å². The van der Waals surface area contributed by atoms with Gasteiger partial charge in [-0.1, -0.05) is 19.1 Å². The van der Waals surface area contributed by atoms with Crippen molar-refractivity contribution in [3.8, 4) is 5.75 Å². The van der Waals surface area contributed by atoms with E-state index in [1.165, 1.54) is 4.90 Å². The molecule has 1 aromatic rings. The van der Waals surface area contributed by atoms with Crippen LogP contribution in [-0.4, -0.2) is 41.6 Å². The summed E-state index contributed by atoms with van der Waals surface area (Å²) in [7, 11) is 1.61. The first kappa shape index (κ1) is 15.4. The van der Waals surface area contributed by atoms with Crippen LogP contribution in [0.2, 0.25) is 0 Å². The summed E-state index contributed by atoms with van der Waals surface area (Å²) in [6.07, 6.45) is 2.42. The number of hydrogen-bond acceptors (Lipinski definition) is 3. The Balaban J connectivity index is 1.98. The van der Waals surface area contributed by atoms with Crippen molar-refractivity contribution in [3.63, 3.8) is 0 Å². The maximum atomic E-state index is 12.4. The van der Waals surface area contributed by atoms with E-state index >= 15 is 0 Å². The second-order valence-electron chi connectivity index (χ2n) is 5.54. The van der Waals surface area contributed by atoms with Gasteiger partial charge in [-0.2, -0.15) is 0 Å². The Morgan fingerprint density at radius 1 is 1.33 bits per heavy atom. The molecule has 5 heteroatoms. The Kier molecular flexibility index (Phi) is 4.83. The number of carboxylic acids is 1. The van der Waals surface area contributed by atoms with E-state index in [-0.39, 0.29) is 24.4 Å². The summed E-state index contributed by atoms with van der Waals surface area (Å²) in [5, 5.41) is 8.93. The minimum Gasteiger partial charge on any atom is -0.497 e. The van der Waals surface area contributed by atoms with Crippen LogP contribution in [0.15, 0.2) is 24.3 Å². The van der Waals surface area contributed by atoms with Crippen molar-refractivity contribution in [2.45, 2.75) is 32.2 Å². The summed E-state index contributed by atoms with van der Waals surface area (Å²) in [6, 6.07) is 7.71. The minimum absolute atomic E-state index is 0.0734. The Bertz CT molecular complexity index is 508. The number of carbonyl (C=O) groups is 2. The fourth-order valence-electron chi connectivity index (χ4n) is 2.40. The maximum absolute atomic E-state index is 12.4. The summed E-state index contributed by atoms with van der Waals surface area (Å²) in [5.41, 5.74) is 1.04. The number of benzene rings is 1. The lowest BCUT2D eigenvalue weighted by Gasteiger charge is -2.24. The van der Waals surface area contributed by atoms with Gasteiger partial charge < -0.3 is 14.7 Å². The van der Waals surface area contributed by atoms with Crippen LogP contribution in [0.3, 0.4) is 0 Å². The first-order valence-electron chi connectivity index (χ1n) is 7.16. The van der Waals surface area contributed by atoms with Crippen LogP contribution in [0.1, 0.15) is 25.3 Å². The molecule has 0 saturated heterocycles. The third-order valence-corrected chi connectivity index (χ3v) is 3.70. The van der Waals surface area contributed by atoms with E-state index in [0.29, 0.717) is 6.42 Å². The number of hydrogen-bond donors (Lipinski definition) is 1. The average molecular weight is 291 g/mol. The van der Waals surface area contributed by atoms with Gasteiger partial charge in [0.05, 0.1) is 7.11 Å². The molecular weight excluding hydrogens is 270 g/mol. The zero-order chi connectivity index (χ0) is 15.4. The molecule has 0 bridgehead atoms. The molecule has 114 valence electrons. The van der Waals surface area contributed by atoms with Gasteiger partial charge in [0, 0.05) is 12.0 Å². The topological polar surface area (TPSA) is 66.8 Å². The van der Waals surface area contributed by atoms with E-state index in [0.717, 1.165) is 24.2 Å². The third-order valence-electron chi connectivity index (χ3n) is 3.70. The zero-order valence-electron chi connectivity index (χ0n) is 12.4. The molecule has 0 heterocycles. The minimum atomic E-state index is -0.952. The van der Waals surface area contributed by atoms with E-state index in [1.807, 2.05) is 31.2 Å². The van der Waals surface area contributed by atoms with Gasteiger partial charge in [-0.15, -0.1) is 0 Å². The van der Waals surface area contributed by atoms with Crippen molar-refractivity contribution >= 4 is 11.9 Å². The number of carbonyl (C=O) groups excluding carboxylic acids is 1. The van der Waals surface area contributed by atoms with Crippen LogP contribution in [-0.2, 0) is 16.0 Å². The van der Waals surface area contributed by atoms with Crippen molar-refractivity contribution in [1.82, 2.24) is 4.90 Å². The van der Waals surface area contributed by atoms with Gasteiger partial charge in [0.2, 0.25) is 5.91 Å². The van der Waals surface area contributed by atoms with Crippen LogP contribution >= 0.6 is 0 Å². The highest BCUT2D eigenvalue weighted by Crippen LogP contribution is 2.28. The largest absolute Gasteiger partial charge is 0.497 e. The Morgan fingerprint density at radius 3 is 2.43 bits per heavy atom. The van der Waals surface area contributed by atoms with Crippen LogP contribution in [0.25, 0.3) is 0 Å². The zero-order valence-corrected chi connectivity index (χ0v) is 12.4. The van der Waals surface area contributed by atoms with Gasteiger partial charge in [0.25, 0.3) is 0 Å². The lowest BCUT2D eigenvalue weighted by Crippen LogP contribution is -2.41. The predicted molar refractivity (Wildman–Crippen MR) is 78.2 cm³/mol. The third kappa shape index (κ3) is 4.21. The molecule has 21 heavy (non-hydrogen) atoms. The molecule has 0 aromatic heterocycles. The Hall–Kier alpha value is -2.04. The average Bonchev–Trinajstić information content (AvgIpc) is 3.29. The lowest BCUT2D eigenvalue weighted by atomic mass is 9.99. The van der Waals surface area contributed by atoms with Gasteiger partial charge >= 0.3 is 5.97 Å². The molecule has 1 amide bonds. The van der Waals surface area contributed by atoms with Crippen LogP contribution in [0.5, 0.6) is 5.75 Å². The second kappa shape index (κ2) is 6.61. The van der Waals surface area contributed by atoms with E-state index in [4.69, 9.17) is 9.84 Å². The van der Waals surface area contributed by atoms with Crippen LogP contribution in [0.4, 0.5) is 0 Å². The molecule has 0 radical (unpaired) electrons. The highest BCUT2D eigenvalue weighted by atomic mass is 16.5. The van der Waals surface area contributed by atoms with E-state index in [2.05, 4.69) is 0 Å². The van der Waals surface area contributed by atoms with E-state index in [1.54, 1.807) is 7.11 Å². The Morgan fingerprint density at radius 2 is 1.95 bits per heavy atom. The van der Waals surface area contributed by atoms with Crippen molar-refractivity contribution in [1.29, 1.82) is 0 Å². The summed E-state index contributed by atoms with van der Waals surface area (Å²) < 4.78 is 5.10. The molecular formula is C16H21NO4.